The molecule has 2 N–H and O–H groups in total. The lowest BCUT2D eigenvalue weighted by Gasteiger charge is -2.26. The summed E-state index contributed by atoms with van der Waals surface area (Å²) in [5.74, 6) is -0.759. The predicted molar refractivity (Wildman–Crippen MR) is 44.1 cm³/mol. The van der Waals surface area contributed by atoms with E-state index < -0.39 is 5.97 Å². The molecule has 0 bridgehead atoms. The van der Waals surface area contributed by atoms with Crippen molar-refractivity contribution >= 4 is 5.97 Å². The standard InChI is InChI=1S/C8H15NO3/c1-2-12-6-3-4-7(8(10)11)9-5-6/h6-7,9H,2-5H2,1H3,(H,10,11). The highest BCUT2D eigenvalue weighted by molar-refractivity contribution is 5.73. The topological polar surface area (TPSA) is 58.6 Å². The molecule has 4 heteroatoms. The molecule has 0 aromatic carbocycles. The molecule has 0 saturated carbocycles. The van der Waals surface area contributed by atoms with Crippen LogP contribution in [0, 0.1) is 0 Å². The summed E-state index contributed by atoms with van der Waals surface area (Å²) in [7, 11) is 0. The Hall–Kier alpha value is -0.610. The molecule has 1 fully saturated rings. The zero-order valence-corrected chi connectivity index (χ0v) is 7.25. The largest absolute Gasteiger partial charge is 0.480 e. The minimum atomic E-state index is -0.759. The van der Waals surface area contributed by atoms with Gasteiger partial charge in [-0.05, 0) is 19.8 Å². The van der Waals surface area contributed by atoms with Gasteiger partial charge in [-0.3, -0.25) is 4.79 Å². The van der Waals surface area contributed by atoms with Crippen LogP contribution < -0.4 is 5.32 Å². The molecule has 1 heterocycles. The number of carbonyl (C=O) groups is 1. The van der Waals surface area contributed by atoms with E-state index in [2.05, 4.69) is 5.32 Å². The van der Waals surface area contributed by atoms with Gasteiger partial charge in [-0.2, -0.15) is 0 Å². The van der Waals surface area contributed by atoms with Crippen LogP contribution in [-0.2, 0) is 9.53 Å². The highest BCUT2D eigenvalue weighted by Gasteiger charge is 2.24. The van der Waals surface area contributed by atoms with Gasteiger partial charge < -0.3 is 15.2 Å². The summed E-state index contributed by atoms with van der Waals surface area (Å²) in [4.78, 5) is 10.5. The molecule has 1 aliphatic heterocycles. The number of hydrogen-bond acceptors (Lipinski definition) is 3. The zero-order chi connectivity index (χ0) is 8.97. The van der Waals surface area contributed by atoms with E-state index in [1.165, 1.54) is 0 Å². The van der Waals surface area contributed by atoms with E-state index in [0.717, 1.165) is 6.42 Å². The van der Waals surface area contributed by atoms with Crippen LogP contribution in [0.2, 0.25) is 0 Å². The summed E-state index contributed by atoms with van der Waals surface area (Å²) in [5, 5.41) is 11.6. The van der Waals surface area contributed by atoms with Gasteiger partial charge in [0, 0.05) is 13.2 Å². The van der Waals surface area contributed by atoms with Crippen molar-refractivity contribution < 1.29 is 14.6 Å². The minimum absolute atomic E-state index is 0.200. The summed E-state index contributed by atoms with van der Waals surface area (Å²) in [6.45, 7) is 3.30. The van der Waals surface area contributed by atoms with Gasteiger partial charge >= 0.3 is 5.97 Å². The second kappa shape index (κ2) is 4.42. The quantitative estimate of drug-likeness (QED) is 0.641. The fourth-order valence-electron chi connectivity index (χ4n) is 1.42. The maximum Gasteiger partial charge on any atom is 0.320 e. The van der Waals surface area contributed by atoms with Gasteiger partial charge in [-0.15, -0.1) is 0 Å². The highest BCUT2D eigenvalue weighted by atomic mass is 16.5. The number of nitrogens with one attached hydrogen (secondary N) is 1. The van der Waals surface area contributed by atoms with Crippen molar-refractivity contribution in [3.8, 4) is 0 Å². The van der Waals surface area contributed by atoms with Crippen LogP contribution in [0.4, 0.5) is 0 Å². The van der Waals surface area contributed by atoms with Crippen molar-refractivity contribution in [2.75, 3.05) is 13.2 Å². The molecule has 0 radical (unpaired) electrons. The second-order valence-corrected chi connectivity index (χ2v) is 2.95. The summed E-state index contributed by atoms with van der Waals surface area (Å²) in [6.07, 6.45) is 1.71. The first kappa shape index (κ1) is 9.48. The number of ether oxygens (including phenoxy) is 1. The first-order valence-electron chi connectivity index (χ1n) is 4.31. The number of piperidine rings is 1. The van der Waals surface area contributed by atoms with Crippen LogP contribution in [0.3, 0.4) is 0 Å². The molecule has 70 valence electrons. The molecule has 0 spiro atoms. The molecule has 0 aliphatic carbocycles. The highest BCUT2D eigenvalue weighted by Crippen LogP contribution is 2.10. The number of carboxylic acid groups (broad SMARTS) is 1. The van der Waals surface area contributed by atoms with Crippen molar-refractivity contribution in [3.05, 3.63) is 0 Å². The van der Waals surface area contributed by atoms with Gasteiger partial charge in [0.05, 0.1) is 6.10 Å². The van der Waals surface area contributed by atoms with Gasteiger partial charge in [-0.25, -0.2) is 0 Å². The third-order valence-electron chi connectivity index (χ3n) is 2.07. The minimum Gasteiger partial charge on any atom is -0.480 e. The smallest absolute Gasteiger partial charge is 0.320 e. The van der Waals surface area contributed by atoms with Crippen LogP contribution in [-0.4, -0.2) is 36.4 Å². The second-order valence-electron chi connectivity index (χ2n) is 2.95. The number of hydrogen-bond donors (Lipinski definition) is 2. The molecule has 4 nitrogen and oxygen atoms in total. The summed E-state index contributed by atoms with van der Waals surface area (Å²) < 4.78 is 5.36. The first-order valence-corrected chi connectivity index (χ1v) is 4.31. The summed E-state index contributed by atoms with van der Waals surface area (Å²) in [5.41, 5.74) is 0. The van der Waals surface area contributed by atoms with Gasteiger partial charge in [0.25, 0.3) is 0 Å². The van der Waals surface area contributed by atoms with Crippen molar-refractivity contribution in [1.82, 2.24) is 5.32 Å². The molecule has 1 aliphatic rings. The lowest BCUT2D eigenvalue weighted by atomic mass is 10.0. The molecule has 1 saturated heterocycles. The van der Waals surface area contributed by atoms with Gasteiger partial charge in [0.15, 0.2) is 0 Å². The molecule has 2 atom stereocenters. The van der Waals surface area contributed by atoms with E-state index in [4.69, 9.17) is 9.84 Å². The Morgan fingerprint density at radius 2 is 2.42 bits per heavy atom. The average Bonchev–Trinajstić information content (AvgIpc) is 2.06. The lowest BCUT2D eigenvalue weighted by molar-refractivity contribution is -0.140. The normalized spacial score (nSPS) is 30.1. The van der Waals surface area contributed by atoms with Crippen LogP contribution in [0.5, 0.6) is 0 Å². The Bertz CT molecular complexity index is 152. The first-order chi connectivity index (χ1) is 5.74. The zero-order valence-electron chi connectivity index (χ0n) is 7.25. The number of carboxylic acids is 1. The maximum atomic E-state index is 10.5. The van der Waals surface area contributed by atoms with E-state index in [-0.39, 0.29) is 12.1 Å². The van der Waals surface area contributed by atoms with Crippen LogP contribution in [0.1, 0.15) is 19.8 Å². The van der Waals surface area contributed by atoms with E-state index in [9.17, 15) is 4.79 Å². The van der Waals surface area contributed by atoms with Gasteiger partial charge in [-0.1, -0.05) is 0 Å². The SMILES string of the molecule is CCOC1CCC(C(=O)O)NC1. The third-order valence-corrected chi connectivity index (χ3v) is 2.07. The Balaban J connectivity index is 2.25. The van der Waals surface area contributed by atoms with Gasteiger partial charge in [0.2, 0.25) is 0 Å². The molecule has 0 aromatic heterocycles. The Morgan fingerprint density at radius 3 is 2.83 bits per heavy atom. The predicted octanol–water partition coefficient (Wildman–Crippen LogP) is 0.228. The fraction of sp³-hybridized carbons (Fsp3) is 0.875. The monoisotopic (exact) mass is 173 g/mol. The van der Waals surface area contributed by atoms with E-state index in [0.29, 0.717) is 19.6 Å². The fourth-order valence-corrected chi connectivity index (χ4v) is 1.42. The van der Waals surface area contributed by atoms with E-state index in [1.807, 2.05) is 6.92 Å². The number of aliphatic carboxylic acids is 1. The van der Waals surface area contributed by atoms with Crippen molar-refractivity contribution in [2.45, 2.75) is 31.9 Å². The van der Waals surface area contributed by atoms with Gasteiger partial charge in [0.1, 0.15) is 6.04 Å². The lowest BCUT2D eigenvalue weighted by Crippen LogP contribution is -2.46. The van der Waals surface area contributed by atoms with Crippen molar-refractivity contribution in [3.63, 3.8) is 0 Å². The maximum absolute atomic E-state index is 10.5. The molecule has 0 aromatic rings. The van der Waals surface area contributed by atoms with Crippen LogP contribution >= 0.6 is 0 Å². The summed E-state index contributed by atoms with van der Waals surface area (Å²) >= 11 is 0. The van der Waals surface area contributed by atoms with Crippen molar-refractivity contribution in [1.29, 1.82) is 0 Å². The average molecular weight is 173 g/mol. The molecule has 0 amide bonds. The Kier molecular flexibility index (Phi) is 3.49. The van der Waals surface area contributed by atoms with Crippen molar-refractivity contribution in [2.24, 2.45) is 0 Å². The Labute approximate surface area is 71.9 Å². The van der Waals surface area contributed by atoms with Crippen LogP contribution in [0.15, 0.2) is 0 Å². The molecular formula is C8H15NO3. The van der Waals surface area contributed by atoms with E-state index in [1.54, 1.807) is 0 Å². The molecular weight excluding hydrogens is 158 g/mol. The molecule has 2 unspecified atom stereocenters. The summed E-state index contributed by atoms with van der Waals surface area (Å²) in [6, 6.07) is -0.373. The third kappa shape index (κ3) is 2.46. The van der Waals surface area contributed by atoms with Crippen LogP contribution in [0.25, 0.3) is 0 Å². The Morgan fingerprint density at radius 1 is 1.67 bits per heavy atom. The number of rotatable bonds is 3. The molecule has 12 heavy (non-hydrogen) atoms. The molecule has 1 rings (SSSR count). The van der Waals surface area contributed by atoms with E-state index >= 15 is 0 Å².